The van der Waals surface area contributed by atoms with Gasteiger partial charge in [0.2, 0.25) is 0 Å². The van der Waals surface area contributed by atoms with E-state index in [4.69, 9.17) is 11.6 Å². The summed E-state index contributed by atoms with van der Waals surface area (Å²) in [5, 5.41) is 10.7. The summed E-state index contributed by atoms with van der Waals surface area (Å²) in [6.45, 7) is 1.33. The molecule has 1 fully saturated rings. The first-order valence-electron chi connectivity index (χ1n) is 6.21. The van der Waals surface area contributed by atoms with Crippen LogP contribution in [0.25, 0.3) is 0 Å². The monoisotopic (exact) mass is 282 g/mol. The van der Waals surface area contributed by atoms with Crippen LogP contribution < -0.4 is 0 Å². The summed E-state index contributed by atoms with van der Waals surface area (Å²) in [5.41, 5.74) is 0.319. The number of carbonyl (C=O) groups is 1. The summed E-state index contributed by atoms with van der Waals surface area (Å²) in [6.07, 6.45) is 1.79. The van der Waals surface area contributed by atoms with Crippen LogP contribution in [0.2, 0.25) is 0 Å². The highest BCUT2D eigenvalue weighted by molar-refractivity contribution is 6.18. The van der Waals surface area contributed by atoms with Gasteiger partial charge in [0.25, 0.3) is 11.6 Å². The van der Waals surface area contributed by atoms with Crippen LogP contribution in [0.15, 0.2) is 24.3 Å². The average molecular weight is 283 g/mol. The van der Waals surface area contributed by atoms with E-state index in [1.165, 1.54) is 18.2 Å². The number of alkyl halides is 1. The van der Waals surface area contributed by atoms with Gasteiger partial charge in [-0.2, -0.15) is 0 Å². The topological polar surface area (TPSA) is 63.4 Å². The van der Waals surface area contributed by atoms with Crippen molar-refractivity contribution in [3.05, 3.63) is 39.9 Å². The number of benzene rings is 1. The highest BCUT2D eigenvalue weighted by Gasteiger charge is 2.23. The standard InChI is InChI=1S/C13H15ClN2O3/c14-9-10-4-6-15(7-5-10)13(17)11-2-1-3-12(8-11)16(18)19/h1-3,8,10H,4-7,9H2. The van der Waals surface area contributed by atoms with Crippen molar-refractivity contribution in [2.45, 2.75) is 12.8 Å². The third kappa shape index (κ3) is 3.23. The number of rotatable bonds is 3. The van der Waals surface area contributed by atoms with E-state index in [1.54, 1.807) is 11.0 Å². The van der Waals surface area contributed by atoms with E-state index >= 15 is 0 Å². The lowest BCUT2D eigenvalue weighted by molar-refractivity contribution is -0.384. The summed E-state index contributed by atoms with van der Waals surface area (Å²) >= 11 is 5.80. The third-order valence-electron chi connectivity index (χ3n) is 3.42. The van der Waals surface area contributed by atoms with Gasteiger partial charge in [-0.3, -0.25) is 14.9 Å². The molecule has 0 aromatic heterocycles. The molecule has 2 rings (SSSR count). The summed E-state index contributed by atoms with van der Waals surface area (Å²) in [4.78, 5) is 24.2. The summed E-state index contributed by atoms with van der Waals surface area (Å²) in [5.74, 6) is 0.950. The van der Waals surface area contributed by atoms with E-state index in [2.05, 4.69) is 0 Å². The maximum absolute atomic E-state index is 12.2. The quantitative estimate of drug-likeness (QED) is 0.486. The zero-order valence-corrected chi connectivity index (χ0v) is 11.2. The fourth-order valence-electron chi connectivity index (χ4n) is 2.23. The summed E-state index contributed by atoms with van der Waals surface area (Å²) < 4.78 is 0. The Morgan fingerprint density at radius 3 is 2.68 bits per heavy atom. The van der Waals surface area contributed by atoms with Gasteiger partial charge < -0.3 is 4.90 Å². The molecule has 0 radical (unpaired) electrons. The molecular weight excluding hydrogens is 268 g/mol. The van der Waals surface area contributed by atoms with Crippen LogP contribution in [-0.2, 0) is 0 Å². The molecule has 0 bridgehead atoms. The molecule has 1 saturated heterocycles. The molecule has 0 saturated carbocycles. The second-order valence-corrected chi connectivity index (χ2v) is 5.01. The van der Waals surface area contributed by atoms with Crippen molar-refractivity contribution in [2.75, 3.05) is 19.0 Å². The lowest BCUT2D eigenvalue weighted by Crippen LogP contribution is -2.38. The molecule has 1 aromatic rings. The molecule has 1 aliphatic rings. The number of carbonyl (C=O) groups excluding carboxylic acids is 1. The van der Waals surface area contributed by atoms with Gasteiger partial charge in [0.05, 0.1) is 4.92 Å². The largest absolute Gasteiger partial charge is 0.339 e. The van der Waals surface area contributed by atoms with Crippen LogP contribution in [0.1, 0.15) is 23.2 Å². The zero-order valence-electron chi connectivity index (χ0n) is 10.4. The van der Waals surface area contributed by atoms with Gasteiger partial charge in [0.1, 0.15) is 0 Å². The normalized spacial score (nSPS) is 16.4. The molecule has 1 aromatic carbocycles. The smallest absolute Gasteiger partial charge is 0.270 e. The lowest BCUT2D eigenvalue weighted by Gasteiger charge is -2.31. The first-order valence-corrected chi connectivity index (χ1v) is 6.75. The Kier molecular flexibility index (Phi) is 4.37. The molecule has 0 spiro atoms. The Morgan fingerprint density at radius 2 is 2.11 bits per heavy atom. The van der Waals surface area contributed by atoms with E-state index in [0.29, 0.717) is 30.5 Å². The second-order valence-electron chi connectivity index (χ2n) is 4.70. The highest BCUT2D eigenvalue weighted by Crippen LogP contribution is 2.21. The molecule has 0 atom stereocenters. The van der Waals surface area contributed by atoms with Crippen LogP contribution in [0.5, 0.6) is 0 Å². The Balaban J connectivity index is 2.08. The minimum Gasteiger partial charge on any atom is -0.339 e. The van der Waals surface area contributed by atoms with Gasteiger partial charge in [-0.25, -0.2) is 0 Å². The highest BCUT2D eigenvalue weighted by atomic mass is 35.5. The predicted octanol–water partition coefficient (Wildman–Crippen LogP) is 2.69. The summed E-state index contributed by atoms with van der Waals surface area (Å²) in [7, 11) is 0. The van der Waals surface area contributed by atoms with Gasteiger partial charge in [-0.1, -0.05) is 6.07 Å². The molecule has 102 valence electrons. The molecule has 0 aliphatic carbocycles. The van der Waals surface area contributed by atoms with Crippen LogP contribution in [0.3, 0.4) is 0 Å². The number of hydrogen-bond donors (Lipinski definition) is 0. The fraction of sp³-hybridized carbons (Fsp3) is 0.462. The van der Waals surface area contributed by atoms with E-state index in [-0.39, 0.29) is 11.6 Å². The van der Waals surface area contributed by atoms with Crippen molar-refractivity contribution in [1.82, 2.24) is 4.90 Å². The van der Waals surface area contributed by atoms with E-state index in [0.717, 1.165) is 12.8 Å². The van der Waals surface area contributed by atoms with Crippen molar-refractivity contribution in [1.29, 1.82) is 0 Å². The van der Waals surface area contributed by atoms with Crippen molar-refractivity contribution < 1.29 is 9.72 Å². The molecule has 0 N–H and O–H groups in total. The number of amides is 1. The van der Waals surface area contributed by atoms with Gasteiger partial charge in [0, 0.05) is 36.7 Å². The molecule has 1 heterocycles. The predicted molar refractivity (Wildman–Crippen MR) is 72.4 cm³/mol. The molecule has 1 aliphatic heterocycles. The Hall–Kier alpha value is -1.62. The Bertz CT molecular complexity index is 485. The summed E-state index contributed by atoms with van der Waals surface area (Å²) in [6, 6.07) is 5.87. The maximum Gasteiger partial charge on any atom is 0.270 e. The minimum atomic E-state index is -0.490. The van der Waals surface area contributed by atoms with Crippen LogP contribution >= 0.6 is 11.6 Å². The number of nitrogens with zero attached hydrogens (tertiary/aromatic N) is 2. The van der Waals surface area contributed by atoms with Gasteiger partial charge in [-0.15, -0.1) is 11.6 Å². The molecule has 0 unspecified atom stereocenters. The number of hydrogen-bond acceptors (Lipinski definition) is 3. The minimum absolute atomic E-state index is 0.0542. The number of nitro benzene ring substituents is 1. The van der Waals surface area contributed by atoms with E-state index < -0.39 is 4.92 Å². The van der Waals surface area contributed by atoms with Crippen LogP contribution in [0, 0.1) is 16.0 Å². The third-order valence-corrected chi connectivity index (χ3v) is 3.86. The zero-order chi connectivity index (χ0) is 13.8. The first kappa shape index (κ1) is 13.8. The first-order chi connectivity index (χ1) is 9.11. The van der Waals surface area contributed by atoms with Crippen LogP contribution in [0.4, 0.5) is 5.69 Å². The van der Waals surface area contributed by atoms with Crippen molar-refractivity contribution in [2.24, 2.45) is 5.92 Å². The number of piperidine rings is 1. The van der Waals surface area contributed by atoms with Gasteiger partial charge in [-0.05, 0) is 24.8 Å². The number of nitro groups is 1. The van der Waals surface area contributed by atoms with Gasteiger partial charge in [0.15, 0.2) is 0 Å². The van der Waals surface area contributed by atoms with E-state index in [1.807, 2.05) is 0 Å². The second kappa shape index (κ2) is 6.02. The number of non-ortho nitro benzene ring substituents is 1. The molecule has 1 amide bonds. The van der Waals surface area contributed by atoms with Crippen molar-refractivity contribution in [3.63, 3.8) is 0 Å². The lowest BCUT2D eigenvalue weighted by atomic mass is 9.98. The molecular formula is C13H15ClN2O3. The SMILES string of the molecule is O=C(c1cccc([N+](=O)[O-])c1)N1CCC(CCl)CC1. The van der Waals surface area contributed by atoms with Crippen molar-refractivity contribution >= 4 is 23.2 Å². The van der Waals surface area contributed by atoms with Crippen molar-refractivity contribution in [3.8, 4) is 0 Å². The molecule has 6 heteroatoms. The Morgan fingerprint density at radius 1 is 1.42 bits per heavy atom. The molecule has 5 nitrogen and oxygen atoms in total. The Labute approximate surface area is 116 Å². The average Bonchev–Trinajstić information content (AvgIpc) is 2.46. The number of likely N-dealkylation sites (tertiary alicyclic amines) is 1. The number of halogens is 1. The fourth-order valence-corrected chi connectivity index (χ4v) is 2.53. The van der Waals surface area contributed by atoms with E-state index in [9.17, 15) is 14.9 Å². The maximum atomic E-state index is 12.2. The van der Waals surface area contributed by atoms with Crippen LogP contribution in [-0.4, -0.2) is 34.7 Å². The molecule has 19 heavy (non-hydrogen) atoms. The van der Waals surface area contributed by atoms with Gasteiger partial charge >= 0.3 is 0 Å².